The molecule has 5 heteroatoms. The zero-order chi connectivity index (χ0) is 13.7. The van der Waals surface area contributed by atoms with Crippen LogP contribution in [0.3, 0.4) is 0 Å². The molecule has 0 spiro atoms. The molecular weight excluding hydrogens is 240 g/mol. The fraction of sp³-hybridized carbons (Fsp3) is 0.643. The van der Waals surface area contributed by atoms with Gasteiger partial charge in [0.15, 0.2) is 5.82 Å². The number of aromatic nitrogens is 4. The molecule has 19 heavy (non-hydrogen) atoms. The molecular formula is C14H22N4O. The van der Waals surface area contributed by atoms with Gasteiger partial charge in [0.1, 0.15) is 0 Å². The Bertz CT molecular complexity index is 535. The lowest BCUT2D eigenvalue weighted by molar-refractivity contribution is 0.287. The van der Waals surface area contributed by atoms with Crippen LogP contribution < -0.4 is 0 Å². The molecule has 1 N–H and O–H groups in total. The quantitative estimate of drug-likeness (QED) is 0.828. The Morgan fingerprint density at radius 1 is 1.11 bits per heavy atom. The van der Waals surface area contributed by atoms with E-state index in [2.05, 4.69) is 35.0 Å². The van der Waals surface area contributed by atoms with Crippen LogP contribution in [0.4, 0.5) is 0 Å². The van der Waals surface area contributed by atoms with Crippen molar-refractivity contribution in [2.75, 3.05) is 6.61 Å². The summed E-state index contributed by atoms with van der Waals surface area (Å²) >= 11 is 0. The molecule has 0 aliphatic heterocycles. The number of aliphatic hydroxyl groups is 1. The third-order valence-electron chi connectivity index (χ3n) is 3.05. The molecule has 0 saturated carbocycles. The smallest absolute Gasteiger partial charge is 0.252 e. The van der Waals surface area contributed by atoms with Gasteiger partial charge in [0.05, 0.1) is 0 Å². The largest absolute Gasteiger partial charge is 0.396 e. The van der Waals surface area contributed by atoms with Crippen LogP contribution in [0.25, 0.3) is 5.78 Å². The van der Waals surface area contributed by atoms with Crippen molar-refractivity contribution in [2.24, 2.45) is 0 Å². The van der Waals surface area contributed by atoms with Crippen LogP contribution in [0.5, 0.6) is 0 Å². The van der Waals surface area contributed by atoms with Crippen LogP contribution in [-0.4, -0.2) is 31.3 Å². The van der Waals surface area contributed by atoms with Gasteiger partial charge in [0, 0.05) is 24.4 Å². The predicted octanol–water partition coefficient (Wildman–Crippen LogP) is 1.95. The second-order valence-corrected chi connectivity index (χ2v) is 4.81. The van der Waals surface area contributed by atoms with Gasteiger partial charge in [-0.1, -0.05) is 26.7 Å². The van der Waals surface area contributed by atoms with E-state index in [4.69, 9.17) is 5.11 Å². The zero-order valence-electron chi connectivity index (χ0n) is 11.8. The Morgan fingerprint density at radius 2 is 1.89 bits per heavy atom. The van der Waals surface area contributed by atoms with E-state index >= 15 is 0 Å². The van der Waals surface area contributed by atoms with Gasteiger partial charge < -0.3 is 5.11 Å². The molecule has 0 radical (unpaired) electrons. The van der Waals surface area contributed by atoms with Crippen molar-refractivity contribution in [3.8, 4) is 0 Å². The molecule has 0 unspecified atom stereocenters. The first-order valence-electron chi connectivity index (χ1n) is 7.13. The topological polar surface area (TPSA) is 63.3 Å². The van der Waals surface area contributed by atoms with Gasteiger partial charge in [0.2, 0.25) is 0 Å². The zero-order valence-corrected chi connectivity index (χ0v) is 11.8. The van der Waals surface area contributed by atoms with Crippen LogP contribution in [0, 0.1) is 0 Å². The van der Waals surface area contributed by atoms with Gasteiger partial charge in [-0.3, -0.25) is 0 Å². The highest BCUT2D eigenvalue weighted by molar-refractivity contribution is 5.32. The maximum Gasteiger partial charge on any atom is 0.252 e. The highest BCUT2D eigenvalue weighted by atomic mass is 16.2. The van der Waals surface area contributed by atoms with E-state index in [1.807, 2.05) is 4.52 Å². The molecule has 0 aromatic carbocycles. The molecule has 0 fully saturated rings. The van der Waals surface area contributed by atoms with Gasteiger partial charge in [-0.25, -0.2) is 9.50 Å². The van der Waals surface area contributed by atoms with Crippen LogP contribution >= 0.6 is 0 Å². The number of aryl methyl sites for hydroxylation is 3. The average Bonchev–Trinajstić information content (AvgIpc) is 2.80. The summed E-state index contributed by atoms with van der Waals surface area (Å²) < 4.78 is 1.86. The second kappa shape index (κ2) is 6.61. The van der Waals surface area contributed by atoms with Gasteiger partial charge in [-0.2, -0.15) is 4.98 Å². The van der Waals surface area contributed by atoms with E-state index in [0.717, 1.165) is 37.2 Å². The second-order valence-electron chi connectivity index (χ2n) is 4.81. The van der Waals surface area contributed by atoms with Crippen LogP contribution in [0.15, 0.2) is 6.07 Å². The molecule has 104 valence electrons. The lowest BCUT2D eigenvalue weighted by Crippen LogP contribution is -2.04. The SMILES string of the molecule is CCCc1cc(CCC)n2nc(CCCO)nc2n1. The highest BCUT2D eigenvalue weighted by Crippen LogP contribution is 2.11. The minimum absolute atomic E-state index is 0.173. The summed E-state index contributed by atoms with van der Waals surface area (Å²) in [5.41, 5.74) is 2.28. The van der Waals surface area contributed by atoms with Crippen molar-refractivity contribution >= 4 is 5.78 Å². The molecule has 0 saturated heterocycles. The number of rotatable bonds is 7. The lowest BCUT2D eigenvalue weighted by Gasteiger charge is -2.05. The molecule has 0 aliphatic carbocycles. The molecule has 0 atom stereocenters. The number of hydrogen-bond acceptors (Lipinski definition) is 4. The van der Waals surface area contributed by atoms with Crippen molar-refractivity contribution in [2.45, 2.75) is 52.4 Å². The van der Waals surface area contributed by atoms with E-state index in [-0.39, 0.29) is 6.61 Å². The lowest BCUT2D eigenvalue weighted by atomic mass is 10.2. The van der Waals surface area contributed by atoms with Crippen molar-refractivity contribution in [3.63, 3.8) is 0 Å². The number of nitrogens with zero attached hydrogens (tertiary/aromatic N) is 4. The van der Waals surface area contributed by atoms with Crippen LogP contribution in [0.1, 0.15) is 50.3 Å². The minimum Gasteiger partial charge on any atom is -0.396 e. The van der Waals surface area contributed by atoms with E-state index < -0.39 is 0 Å². The first-order valence-corrected chi connectivity index (χ1v) is 7.13. The third kappa shape index (κ3) is 3.29. The van der Waals surface area contributed by atoms with Crippen molar-refractivity contribution < 1.29 is 5.11 Å². The van der Waals surface area contributed by atoms with E-state index in [0.29, 0.717) is 18.6 Å². The standard InChI is InChI=1S/C14H22N4O/c1-3-6-11-10-12(7-4-2)18-14(15-11)16-13(17-18)8-5-9-19/h10,19H,3-9H2,1-2H3. The number of hydrogen-bond donors (Lipinski definition) is 1. The summed E-state index contributed by atoms with van der Waals surface area (Å²) in [6, 6.07) is 2.14. The minimum atomic E-state index is 0.173. The maximum absolute atomic E-state index is 8.88. The Balaban J connectivity index is 2.38. The van der Waals surface area contributed by atoms with E-state index in [1.165, 1.54) is 5.69 Å². The van der Waals surface area contributed by atoms with E-state index in [9.17, 15) is 0 Å². The molecule has 0 amide bonds. The highest BCUT2D eigenvalue weighted by Gasteiger charge is 2.10. The average molecular weight is 262 g/mol. The molecule has 2 aromatic heterocycles. The fourth-order valence-electron chi connectivity index (χ4n) is 2.19. The summed E-state index contributed by atoms with van der Waals surface area (Å²) in [5, 5.41) is 13.4. The first kappa shape index (κ1) is 13.9. The molecule has 0 bridgehead atoms. The first-order chi connectivity index (χ1) is 9.28. The Morgan fingerprint density at radius 3 is 2.58 bits per heavy atom. The van der Waals surface area contributed by atoms with Gasteiger partial charge in [-0.05, 0) is 25.3 Å². The molecule has 0 aliphatic rings. The maximum atomic E-state index is 8.88. The summed E-state index contributed by atoms with van der Waals surface area (Å²) in [7, 11) is 0. The monoisotopic (exact) mass is 262 g/mol. The Labute approximate surface area is 113 Å². The summed E-state index contributed by atoms with van der Waals surface area (Å²) in [5.74, 6) is 1.47. The molecule has 2 heterocycles. The van der Waals surface area contributed by atoms with Crippen molar-refractivity contribution in [3.05, 3.63) is 23.3 Å². The van der Waals surface area contributed by atoms with Gasteiger partial charge in [0.25, 0.3) is 5.78 Å². The van der Waals surface area contributed by atoms with Gasteiger partial charge in [-0.15, -0.1) is 5.10 Å². The van der Waals surface area contributed by atoms with Gasteiger partial charge >= 0.3 is 0 Å². The van der Waals surface area contributed by atoms with Crippen LogP contribution in [-0.2, 0) is 19.3 Å². The fourth-order valence-corrected chi connectivity index (χ4v) is 2.19. The predicted molar refractivity (Wildman–Crippen MR) is 74.2 cm³/mol. The Kier molecular flexibility index (Phi) is 4.85. The number of aliphatic hydroxyl groups excluding tert-OH is 1. The number of fused-ring (bicyclic) bond motifs is 1. The Hall–Kier alpha value is -1.49. The third-order valence-corrected chi connectivity index (χ3v) is 3.05. The van der Waals surface area contributed by atoms with Crippen molar-refractivity contribution in [1.82, 2.24) is 19.6 Å². The normalized spacial score (nSPS) is 11.3. The van der Waals surface area contributed by atoms with E-state index in [1.54, 1.807) is 0 Å². The molecule has 2 aromatic rings. The summed E-state index contributed by atoms with van der Waals surface area (Å²) in [6.45, 7) is 4.49. The van der Waals surface area contributed by atoms with Crippen LogP contribution in [0.2, 0.25) is 0 Å². The summed E-state index contributed by atoms with van der Waals surface area (Å²) in [6.07, 6.45) is 5.53. The molecule has 2 rings (SSSR count). The summed E-state index contributed by atoms with van der Waals surface area (Å²) in [4.78, 5) is 9.03. The molecule has 5 nitrogen and oxygen atoms in total. The van der Waals surface area contributed by atoms with Crippen molar-refractivity contribution in [1.29, 1.82) is 0 Å².